The Kier molecular flexibility index (Phi) is 5.03. The van der Waals surface area contributed by atoms with Crippen LogP contribution in [0.15, 0.2) is 46.5 Å². The first-order valence-electron chi connectivity index (χ1n) is 6.22. The molecule has 0 aliphatic carbocycles. The molecule has 0 atom stereocenters. The lowest BCUT2D eigenvalue weighted by Crippen LogP contribution is -2.19. The predicted octanol–water partition coefficient (Wildman–Crippen LogP) is 2.33. The van der Waals surface area contributed by atoms with Gasteiger partial charge in [0.15, 0.2) is 5.04 Å². The second-order valence-electron chi connectivity index (χ2n) is 4.27. The summed E-state index contributed by atoms with van der Waals surface area (Å²) in [6.07, 6.45) is 1.71. The fourth-order valence-electron chi connectivity index (χ4n) is 1.80. The molecule has 0 saturated heterocycles. The number of hydrogen-bond acceptors (Lipinski definition) is 6. The molecule has 0 unspecified atom stereocenters. The first-order chi connectivity index (χ1) is 10.5. The van der Waals surface area contributed by atoms with E-state index in [1.165, 1.54) is 18.8 Å². The molecule has 0 fully saturated rings. The normalized spacial score (nSPS) is 18.3. The van der Waals surface area contributed by atoms with Gasteiger partial charge in [-0.2, -0.15) is 18.4 Å². The SMILES string of the molecule is CNS(=O)(=O)O/N=C1\SC=C\C1=C(\C#N)c1ccccc1C. The number of thioether (sulfide) groups is 1. The van der Waals surface area contributed by atoms with Gasteiger partial charge in [0.2, 0.25) is 0 Å². The lowest BCUT2D eigenvalue weighted by Gasteiger charge is -2.07. The van der Waals surface area contributed by atoms with Gasteiger partial charge in [-0.15, -0.1) is 0 Å². The molecular formula is C14H13N3O3S2. The lowest BCUT2D eigenvalue weighted by atomic mass is 9.97. The highest BCUT2D eigenvalue weighted by molar-refractivity contribution is 8.17. The van der Waals surface area contributed by atoms with Crippen LogP contribution < -0.4 is 4.72 Å². The molecular weight excluding hydrogens is 322 g/mol. The molecule has 0 radical (unpaired) electrons. The van der Waals surface area contributed by atoms with Gasteiger partial charge in [-0.05, 0) is 29.5 Å². The van der Waals surface area contributed by atoms with E-state index in [1.807, 2.05) is 35.9 Å². The minimum atomic E-state index is -3.92. The third-order valence-electron chi connectivity index (χ3n) is 2.91. The summed E-state index contributed by atoms with van der Waals surface area (Å²) in [4.78, 5) is 0. The Labute approximate surface area is 133 Å². The molecule has 1 heterocycles. The van der Waals surface area contributed by atoms with Crippen molar-refractivity contribution in [1.82, 2.24) is 4.72 Å². The van der Waals surface area contributed by atoms with Crippen LogP contribution in [0.3, 0.4) is 0 Å². The van der Waals surface area contributed by atoms with Crippen LogP contribution in [-0.4, -0.2) is 20.5 Å². The maximum absolute atomic E-state index is 11.3. The third-order valence-corrected chi connectivity index (χ3v) is 4.47. The molecule has 0 amide bonds. The van der Waals surface area contributed by atoms with Crippen LogP contribution in [0.5, 0.6) is 0 Å². The van der Waals surface area contributed by atoms with Crippen LogP contribution in [-0.2, 0) is 14.6 Å². The van der Waals surface area contributed by atoms with Gasteiger partial charge in [-0.1, -0.05) is 41.2 Å². The number of nitrogens with one attached hydrogen (secondary N) is 1. The molecule has 1 N–H and O–H groups in total. The summed E-state index contributed by atoms with van der Waals surface area (Å²) in [6.45, 7) is 1.90. The second-order valence-corrected chi connectivity index (χ2v) is 6.63. The van der Waals surface area contributed by atoms with Gasteiger partial charge in [0.1, 0.15) is 6.07 Å². The summed E-state index contributed by atoms with van der Waals surface area (Å²) in [5.74, 6) is 0. The van der Waals surface area contributed by atoms with E-state index in [0.717, 1.165) is 11.1 Å². The van der Waals surface area contributed by atoms with Crippen molar-refractivity contribution in [1.29, 1.82) is 5.26 Å². The maximum atomic E-state index is 11.3. The Morgan fingerprint density at radius 2 is 2.14 bits per heavy atom. The summed E-state index contributed by atoms with van der Waals surface area (Å²) >= 11 is 1.19. The number of oxime groups is 1. The van der Waals surface area contributed by atoms with Gasteiger partial charge < -0.3 is 0 Å². The minimum Gasteiger partial charge on any atom is -0.255 e. The van der Waals surface area contributed by atoms with Crippen molar-refractivity contribution in [2.24, 2.45) is 5.16 Å². The second kappa shape index (κ2) is 6.79. The third kappa shape index (κ3) is 3.57. The van der Waals surface area contributed by atoms with Gasteiger partial charge in [0.25, 0.3) is 0 Å². The van der Waals surface area contributed by atoms with Crippen LogP contribution in [0.2, 0.25) is 0 Å². The largest absolute Gasteiger partial charge is 0.401 e. The first-order valence-corrected chi connectivity index (χ1v) is 8.51. The van der Waals surface area contributed by atoms with E-state index in [1.54, 1.807) is 11.5 Å². The smallest absolute Gasteiger partial charge is 0.255 e. The molecule has 22 heavy (non-hydrogen) atoms. The van der Waals surface area contributed by atoms with E-state index in [2.05, 4.69) is 15.5 Å². The molecule has 2 rings (SSSR count). The molecule has 1 aromatic rings. The number of rotatable bonds is 4. The van der Waals surface area contributed by atoms with E-state index in [4.69, 9.17) is 0 Å². The molecule has 1 aliphatic heterocycles. The molecule has 1 aromatic carbocycles. The maximum Gasteiger partial charge on any atom is 0.401 e. The van der Waals surface area contributed by atoms with E-state index >= 15 is 0 Å². The molecule has 0 bridgehead atoms. The van der Waals surface area contributed by atoms with Crippen molar-refractivity contribution in [2.75, 3.05) is 7.05 Å². The predicted molar refractivity (Wildman–Crippen MR) is 86.9 cm³/mol. The number of aryl methyl sites for hydroxylation is 1. The summed E-state index contributed by atoms with van der Waals surface area (Å²) in [7, 11) is -2.70. The zero-order valence-corrected chi connectivity index (χ0v) is 13.5. The summed E-state index contributed by atoms with van der Waals surface area (Å²) < 4.78 is 29.0. The monoisotopic (exact) mass is 335 g/mol. The number of hydrogen-bond donors (Lipinski definition) is 1. The molecule has 1 aliphatic rings. The van der Waals surface area contributed by atoms with Crippen molar-refractivity contribution in [2.45, 2.75) is 6.92 Å². The van der Waals surface area contributed by atoms with Crippen LogP contribution in [0.1, 0.15) is 11.1 Å². The molecule has 8 heteroatoms. The van der Waals surface area contributed by atoms with Crippen LogP contribution in [0, 0.1) is 18.3 Å². The highest BCUT2D eigenvalue weighted by Crippen LogP contribution is 2.31. The molecule has 114 valence electrons. The number of allylic oxidation sites excluding steroid dienone is 2. The average molecular weight is 335 g/mol. The fourth-order valence-corrected chi connectivity index (χ4v) is 2.81. The van der Waals surface area contributed by atoms with Gasteiger partial charge in [-0.25, -0.2) is 0 Å². The van der Waals surface area contributed by atoms with Crippen molar-refractivity contribution in [3.05, 3.63) is 52.4 Å². The Morgan fingerprint density at radius 1 is 1.41 bits per heavy atom. The summed E-state index contributed by atoms with van der Waals surface area (Å²) in [5, 5.41) is 15.1. The van der Waals surface area contributed by atoms with Gasteiger partial charge in [0, 0.05) is 12.6 Å². The Morgan fingerprint density at radius 3 is 2.77 bits per heavy atom. The number of nitrogens with zero attached hydrogens (tertiary/aromatic N) is 2. The highest BCUT2D eigenvalue weighted by atomic mass is 32.2. The molecule has 0 spiro atoms. The average Bonchev–Trinajstić information content (AvgIpc) is 2.96. The van der Waals surface area contributed by atoms with Crippen molar-refractivity contribution in [3.63, 3.8) is 0 Å². The van der Waals surface area contributed by atoms with Gasteiger partial charge in [0.05, 0.1) is 5.57 Å². The Hall–Kier alpha value is -2.08. The fraction of sp³-hybridized carbons (Fsp3) is 0.143. The zero-order chi connectivity index (χ0) is 16.2. The quantitative estimate of drug-likeness (QED) is 0.673. The lowest BCUT2D eigenvalue weighted by molar-refractivity contribution is 0.334. The zero-order valence-electron chi connectivity index (χ0n) is 11.9. The van der Waals surface area contributed by atoms with Crippen LogP contribution >= 0.6 is 11.8 Å². The van der Waals surface area contributed by atoms with E-state index in [-0.39, 0.29) is 0 Å². The number of benzene rings is 1. The summed E-state index contributed by atoms with van der Waals surface area (Å²) in [6, 6.07) is 9.61. The Balaban J connectivity index is 2.47. The topological polar surface area (TPSA) is 91.6 Å². The van der Waals surface area contributed by atoms with Crippen molar-refractivity contribution < 1.29 is 12.7 Å². The summed E-state index contributed by atoms with van der Waals surface area (Å²) in [5.41, 5.74) is 2.67. The number of nitriles is 1. The Bertz CT molecular complexity index is 818. The minimum absolute atomic E-state index is 0.318. The van der Waals surface area contributed by atoms with Crippen LogP contribution in [0.25, 0.3) is 5.57 Å². The molecule has 0 aromatic heterocycles. The van der Waals surface area contributed by atoms with Crippen molar-refractivity contribution in [3.8, 4) is 6.07 Å². The van der Waals surface area contributed by atoms with Crippen LogP contribution in [0.4, 0.5) is 0 Å². The van der Waals surface area contributed by atoms with E-state index < -0.39 is 10.3 Å². The van der Waals surface area contributed by atoms with E-state index in [0.29, 0.717) is 16.2 Å². The van der Waals surface area contributed by atoms with Gasteiger partial charge in [-0.3, -0.25) is 4.28 Å². The molecule has 6 nitrogen and oxygen atoms in total. The standard InChI is InChI=1S/C14H13N3O3S2/c1-10-5-3-4-6-11(10)13(9-15)12-7-8-21-14(12)17-20-22(18,19)16-2/h3-8,16H,1-2H3/b13-12+,17-14-. The highest BCUT2D eigenvalue weighted by Gasteiger charge is 2.20. The van der Waals surface area contributed by atoms with Crippen molar-refractivity contribution >= 4 is 32.7 Å². The van der Waals surface area contributed by atoms with Gasteiger partial charge >= 0.3 is 10.3 Å². The first kappa shape index (κ1) is 16.3. The van der Waals surface area contributed by atoms with E-state index in [9.17, 15) is 13.7 Å². The molecule has 0 saturated carbocycles.